The van der Waals surface area contributed by atoms with E-state index in [4.69, 9.17) is 16.7 Å². The number of rotatable bonds is 1. The SMILES string of the molecule is C[C@@H]1C(=CC(=O)O)C(=O)c2ccc(Cl)cc2[C@@H]1Br. The monoisotopic (exact) mass is 328 g/mol. The number of hydrogen-bond donors (Lipinski definition) is 1. The maximum atomic E-state index is 12.2. The number of aliphatic carboxylic acids is 1. The smallest absolute Gasteiger partial charge is 0.328 e. The fraction of sp³-hybridized carbons (Fsp3) is 0.231. The van der Waals surface area contributed by atoms with Crippen LogP contribution < -0.4 is 0 Å². The normalized spacial score (nSPS) is 25.1. The van der Waals surface area contributed by atoms with Crippen LogP contribution in [-0.4, -0.2) is 16.9 Å². The Bertz CT molecular complexity index is 565. The van der Waals surface area contributed by atoms with E-state index >= 15 is 0 Å². The summed E-state index contributed by atoms with van der Waals surface area (Å²) in [5.41, 5.74) is 1.62. The molecule has 2 rings (SSSR count). The number of fused-ring (bicyclic) bond motifs is 1. The van der Waals surface area contributed by atoms with Crippen molar-refractivity contribution in [3.05, 3.63) is 46.0 Å². The van der Waals surface area contributed by atoms with Crippen LogP contribution in [0.3, 0.4) is 0 Å². The maximum Gasteiger partial charge on any atom is 0.328 e. The van der Waals surface area contributed by atoms with E-state index in [9.17, 15) is 9.59 Å². The van der Waals surface area contributed by atoms with Gasteiger partial charge in [0.25, 0.3) is 0 Å². The largest absolute Gasteiger partial charge is 0.478 e. The third kappa shape index (κ3) is 2.22. The first-order chi connectivity index (χ1) is 8.41. The standard InChI is InChI=1S/C13H10BrClO3/c1-6-9(5-11(16)17)13(18)8-3-2-7(15)4-10(8)12(6)14/h2-6,12H,1H3,(H,16,17)/t6-,12-/m1/s1. The van der Waals surface area contributed by atoms with Crippen LogP contribution in [0.15, 0.2) is 29.8 Å². The Morgan fingerprint density at radius 1 is 1.50 bits per heavy atom. The van der Waals surface area contributed by atoms with Crippen molar-refractivity contribution in [2.45, 2.75) is 11.8 Å². The topological polar surface area (TPSA) is 54.4 Å². The van der Waals surface area contributed by atoms with Crippen molar-refractivity contribution in [2.24, 2.45) is 5.92 Å². The van der Waals surface area contributed by atoms with Gasteiger partial charge in [0.1, 0.15) is 0 Å². The van der Waals surface area contributed by atoms with Gasteiger partial charge in [0.2, 0.25) is 0 Å². The summed E-state index contributed by atoms with van der Waals surface area (Å²) in [5, 5.41) is 9.37. The number of benzene rings is 1. The van der Waals surface area contributed by atoms with E-state index in [0.29, 0.717) is 16.2 Å². The number of carbonyl (C=O) groups excluding carboxylic acids is 1. The van der Waals surface area contributed by atoms with Crippen LogP contribution in [0.4, 0.5) is 0 Å². The lowest BCUT2D eigenvalue weighted by molar-refractivity contribution is -0.131. The van der Waals surface area contributed by atoms with Crippen LogP contribution in [0.2, 0.25) is 5.02 Å². The Hall–Kier alpha value is -1.13. The van der Waals surface area contributed by atoms with Crippen molar-refractivity contribution >= 4 is 39.3 Å². The highest BCUT2D eigenvalue weighted by Gasteiger charge is 2.34. The lowest BCUT2D eigenvalue weighted by Crippen LogP contribution is -2.24. The van der Waals surface area contributed by atoms with Crippen LogP contribution in [0.25, 0.3) is 0 Å². The number of carboxylic acid groups (broad SMARTS) is 1. The van der Waals surface area contributed by atoms with Gasteiger partial charge in [0.15, 0.2) is 5.78 Å². The zero-order chi connectivity index (χ0) is 13.4. The summed E-state index contributed by atoms with van der Waals surface area (Å²) in [4.78, 5) is 22.9. The molecule has 2 atom stereocenters. The lowest BCUT2D eigenvalue weighted by atomic mass is 9.80. The second kappa shape index (κ2) is 4.86. The maximum absolute atomic E-state index is 12.2. The number of ketones is 1. The quantitative estimate of drug-likeness (QED) is 0.632. The van der Waals surface area contributed by atoms with Crippen LogP contribution in [0.1, 0.15) is 27.7 Å². The minimum Gasteiger partial charge on any atom is -0.478 e. The summed E-state index contributed by atoms with van der Waals surface area (Å²) < 4.78 is 0. The highest BCUT2D eigenvalue weighted by molar-refractivity contribution is 9.09. The van der Waals surface area contributed by atoms with Gasteiger partial charge in [-0.1, -0.05) is 34.5 Å². The predicted octanol–water partition coefficient (Wildman–Crippen LogP) is 3.62. The second-order valence-corrected chi connectivity index (χ2v) is 5.61. The molecule has 0 fully saturated rings. The first kappa shape index (κ1) is 13.3. The first-order valence-electron chi connectivity index (χ1n) is 5.34. The van der Waals surface area contributed by atoms with E-state index < -0.39 is 5.97 Å². The van der Waals surface area contributed by atoms with Crippen LogP contribution in [0.5, 0.6) is 0 Å². The van der Waals surface area contributed by atoms with Gasteiger partial charge in [0.05, 0.1) is 0 Å². The minimum atomic E-state index is -1.11. The first-order valence-corrected chi connectivity index (χ1v) is 6.64. The van der Waals surface area contributed by atoms with Gasteiger partial charge in [-0.15, -0.1) is 0 Å². The van der Waals surface area contributed by atoms with Crippen LogP contribution in [0, 0.1) is 5.92 Å². The number of Topliss-reactive ketones (excluding diaryl/α,β-unsaturated/α-hetero) is 1. The molecule has 0 aliphatic heterocycles. The molecule has 1 aromatic rings. The summed E-state index contributed by atoms with van der Waals surface area (Å²) in [6, 6.07) is 5.00. The van der Waals surface area contributed by atoms with Gasteiger partial charge in [-0.05, 0) is 23.8 Å². The average molecular weight is 330 g/mol. The molecule has 3 nitrogen and oxygen atoms in total. The Kier molecular flexibility index (Phi) is 3.59. The molecule has 94 valence electrons. The number of halogens is 2. The van der Waals surface area contributed by atoms with E-state index in [1.165, 1.54) is 0 Å². The van der Waals surface area contributed by atoms with Gasteiger partial charge < -0.3 is 5.11 Å². The lowest BCUT2D eigenvalue weighted by Gasteiger charge is -2.28. The molecule has 0 bridgehead atoms. The van der Waals surface area contributed by atoms with E-state index in [0.717, 1.165) is 11.6 Å². The van der Waals surface area contributed by atoms with Gasteiger partial charge in [-0.2, -0.15) is 0 Å². The summed E-state index contributed by atoms with van der Waals surface area (Å²) in [6.07, 6.45) is 0.985. The molecule has 1 N–H and O–H groups in total. The van der Waals surface area contributed by atoms with E-state index in [-0.39, 0.29) is 16.5 Å². The average Bonchev–Trinajstić information content (AvgIpc) is 2.31. The minimum absolute atomic E-state index is 0.116. The molecule has 1 aliphatic carbocycles. The van der Waals surface area contributed by atoms with Gasteiger partial charge in [0, 0.05) is 33.0 Å². The molecule has 0 saturated heterocycles. The molecule has 0 spiro atoms. The highest BCUT2D eigenvalue weighted by atomic mass is 79.9. The van der Waals surface area contributed by atoms with Crippen molar-refractivity contribution in [3.63, 3.8) is 0 Å². The molecule has 0 heterocycles. The number of alkyl halides is 1. The highest BCUT2D eigenvalue weighted by Crippen LogP contribution is 2.43. The summed E-state index contributed by atoms with van der Waals surface area (Å²) >= 11 is 9.42. The van der Waals surface area contributed by atoms with Crippen molar-refractivity contribution in [2.75, 3.05) is 0 Å². The number of allylic oxidation sites excluding steroid dienone is 1. The molecule has 0 unspecified atom stereocenters. The van der Waals surface area contributed by atoms with Gasteiger partial charge in [-0.25, -0.2) is 4.79 Å². The number of hydrogen-bond acceptors (Lipinski definition) is 2. The van der Waals surface area contributed by atoms with Crippen LogP contribution >= 0.6 is 27.5 Å². The molecule has 18 heavy (non-hydrogen) atoms. The fourth-order valence-electron chi connectivity index (χ4n) is 2.09. The summed E-state index contributed by atoms with van der Waals surface area (Å²) in [5.74, 6) is -1.56. The third-order valence-electron chi connectivity index (χ3n) is 3.03. The molecule has 0 radical (unpaired) electrons. The predicted molar refractivity (Wildman–Crippen MR) is 72.3 cm³/mol. The Morgan fingerprint density at radius 3 is 2.78 bits per heavy atom. The third-order valence-corrected chi connectivity index (χ3v) is 4.55. The fourth-order valence-corrected chi connectivity index (χ4v) is 2.93. The molecule has 0 aromatic heterocycles. The zero-order valence-electron chi connectivity index (χ0n) is 9.48. The second-order valence-electron chi connectivity index (χ2n) is 4.19. The number of carboxylic acids is 1. The molecule has 1 aliphatic rings. The number of carbonyl (C=O) groups is 2. The molecular weight excluding hydrogens is 319 g/mol. The zero-order valence-corrected chi connectivity index (χ0v) is 11.8. The van der Waals surface area contributed by atoms with Crippen molar-refractivity contribution in [1.82, 2.24) is 0 Å². The molecule has 1 aromatic carbocycles. The van der Waals surface area contributed by atoms with Crippen molar-refractivity contribution in [3.8, 4) is 0 Å². The van der Waals surface area contributed by atoms with E-state index in [1.807, 2.05) is 6.92 Å². The molecule has 0 saturated carbocycles. The van der Waals surface area contributed by atoms with Gasteiger partial charge >= 0.3 is 5.97 Å². The Morgan fingerprint density at radius 2 is 2.17 bits per heavy atom. The van der Waals surface area contributed by atoms with Crippen LogP contribution in [-0.2, 0) is 4.79 Å². The van der Waals surface area contributed by atoms with E-state index in [2.05, 4.69) is 15.9 Å². The summed E-state index contributed by atoms with van der Waals surface area (Å²) in [7, 11) is 0. The van der Waals surface area contributed by atoms with Gasteiger partial charge in [-0.3, -0.25) is 4.79 Å². The molecular formula is C13H10BrClO3. The Balaban J connectivity index is 2.60. The van der Waals surface area contributed by atoms with Crippen molar-refractivity contribution in [1.29, 1.82) is 0 Å². The summed E-state index contributed by atoms with van der Waals surface area (Å²) in [6.45, 7) is 1.82. The molecule has 0 amide bonds. The van der Waals surface area contributed by atoms with Crippen molar-refractivity contribution < 1.29 is 14.7 Å². The Labute approximate surface area is 118 Å². The van der Waals surface area contributed by atoms with E-state index in [1.54, 1.807) is 18.2 Å². The molecule has 5 heteroatoms.